The molecule has 6 rings (SSSR count). The topological polar surface area (TPSA) is 128 Å². The van der Waals surface area contributed by atoms with Crippen molar-refractivity contribution in [1.82, 2.24) is 28.7 Å². The molecule has 0 amide bonds. The fourth-order valence-corrected chi connectivity index (χ4v) is 6.91. The zero-order chi connectivity index (χ0) is 27.1. The molecular formula is C28H29N7O3S. The standard InChI is InChI=1S/C28H29N7O3S/c1-2-12-39(37,38)34-11-10-22(17-34)27(36)25-14-23(26-28(29)30-18-31-35(25)26)20-8-9-21-16-33(32-24(21)13-20)15-19-6-4-3-5-7-19/h3-9,13-14,16,18,22H,2,10-12,15,17H2,1H3,(H2,29,30,31). The molecule has 2 N–H and O–H groups in total. The molecule has 1 aliphatic rings. The van der Waals surface area contributed by atoms with Crippen molar-refractivity contribution >= 4 is 38.0 Å². The summed E-state index contributed by atoms with van der Waals surface area (Å²) in [5.74, 6) is -0.265. The molecule has 0 spiro atoms. The van der Waals surface area contributed by atoms with Gasteiger partial charge in [0.1, 0.15) is 17.5 Å². The number of aromatic nitrogens is 5. The van der Waals surface area contributed by atoms with E-state index < -0.39 is 15.9 Å². The van der Waals surface area contributed by atoms with E-state index >= 15 is 0 Å². The quantitative estimate of drug-likeness (QED) is 0.296. The van der Waals surface area contributed by atoms with Crippen LogP contribution in [0.25, 0.3) is 27.5 Å². The van der Waals surface area contributed by atoms with Gasteiger partial charge in [-0.25, -0.2) is 22.2 Å². The molecule has 11 heteroatoms. The maximum Gasteiger partial charge on any atom is 0.214 e. The van der Waals surface area contributed by atoms with Crippen LogP contribution in [-0.2, 0) is 16.6 Å². The van der Waals surface area contributed by atoms with Crippen LogP contribution in [0, 0.1) is 5.92 Å². The number of nitrogens with zero attached hydrogens (tertiary/aromatic N) is 6. The van der Waals surface area contributed by atoms with Gasteiger partial charge in [-0.2, -0.15) is 10.2 Å². The van der Waals surface area contributed by atoms with Crippen molar-refractivity contribution in [2.24, 2.45) is 5.92 Å². The Morgan fingerprint density at radius 1 is 1.13 bits per heavy atom. The summed E-state index contributed by atoms with van der Waals surface area (Å²) >= 11 is 0. The van der Waals surface area contributed by atoms with E-state index in [2.05, 4.69) is 22.2 Å². The molecule has 0 saturated carbocycles. The van der Waals surface area contributed by atoms with Crippen molar-refractivity contribution in [3.8, 4) is 11.1 Å². The van der Waals surface area contributed by atoms with E-state index in [0.29, 0.717) is 37.1 Å². The summed E-state index contributed by atoms with van der Waals surface area (Å²) in [6.07, 6.45) is 4.34. The van der Waals surface area contributed by atoms with Crippen molar-refractivity contribution in [3.63, 3.8) is 0 Å². The average Bonchev–Trinajstić information content (AvgIpc) is 3.66. The number of benzene rings is 2. The van der Waals surface area contributed by atoms with Crippen LogP contribution in [-0.4, -0.2) is 61.7 Å². The van der Waals surface area contributed by atoms with E-state index in [-0.39, 0.29) is 23.9 Å². The number of ketones is 1. The van der Waals surface area contributed by atoms with Gasteiger partial charge in [0.15, 0.2) is 11.6 Å². The highest BCUT2D eigenvalue weighted by Gasteiger charge is 2.36. The SMILES string of the molecule is CCCS(=O)(=O)N1CCC(C(=O)c2cc(-c3ccc4cn(Cc5ccccc5)nc4c3)c3c(N)ncnn23)C1. The molecule has 4 heterocycles. The number of hydrogen-bond donors (Lipinski definition) is 1. The summed E-state index contributed by atoms with van der Waals surface area (Å²) in [6.45, 7) is 3.01. The van der Waals surface area contributed by atoms with E-state index in [0.717, 1.165) is 27.6 Å². The second-order valence-electron chi connectivity index (χ2n) is 9.96. The zero-order valence-corrected chi connectivity index (χ0v) is 22.4. The maximum absolute atomic E-state index is 13.7. The molecule has 10 nitrogen and oxygen atoms in total. The van der Waals surface area contributed by atoms with Gasteiger partial charge in [-0.1, -0.05) is 49.4 Å². The number of hydrogen-bond acceptors (Lipinski definition) is 7. The summed E-state index contributed by atoms with van der Waals surface area (Å²) in [5.41, 5.74) is 10.7. The van der Waals surface area contributed by atoms with Gasteiger partial charge in [0.2, 0.25) is 10.0 Å². The van der Waals surface area contributed by atoms with Crippen LogP contribution in [0.15, 0.2) is 67.1 Å². The first kappa shape index (κ1) is 25.2. The molecule has 0 bridgehead atoms. The molecule has 39 heavy (non-hydrogen) atoms. The Labute approximate surface area is 226 Å². The van der Waals surface area contributed by atoms with E-state index in [9.17, 15) is 13.2 Å². The molecule has 3 aromatic heterocycles. The fraction of sp³-hybridized carbons (Fsp3) is 0.286. The molecule has 1 unspecified atom stereocenters. The molecule has 200 valence electrons. The summed E-state index contributed by atoms with van der Waals surface area (Å²) in [6, 6.07) is 17.9. The van der Waals surface area contributed by atoms with Crippen molar-refractivity contribution in [2.75, 3.05) is 24.6 Å². The molecule has 1 aliphatic heterocycles. The van der Waals surface area contributed by atoms with Crippen LogP contribution < -0.4 is 5.73 Å². The fourth-order valence-electron chi connectivity index (χ4n) is 5.34. The van der Waals surface area contributed by atoms with Crippen LogP contribution in [0.4, 0.5) is 5.82 Å². The van der Waals surface area contributed by atoms with Crippen molar-refractivity contribution in [3.05, 3.63) is 78.4 Å². The highest BCUT2D eigenvalue weighted by atomic mass is 32.2. The van der Waals surface area contributed by atoms with Crippen LogP contribution >= 0.6 is 0 Å². The molecule has 1 saturated heterocycles. The lowest BCUT2D eigenvalue weighted by Crippen LogP contribution is -2.32. The van der Waals surface area contributed by atoms with Gasteiger partial charge < -0.3 is 5.73 Å². The molecular weight excluding hydrogens is 514 g/mol. The molecule has 1 fully saturated rings. The number of Topliss-reactive ketones (excluding diaryl/α,β-unsaturated/α-hetero) is 1. The normalized spacial score (nSPS) is 16.4. The highest BCUT2D eigenvalue weighted by molar-refractivity contribution is 7.89. The van der Waals surface area contributed by atoms with Crippen molar-refractivity contribution < 1.29 is 13.2 Å². The number of anilines is 1. The van der Waals surface area contributed by atoms with Crippen LogP contribution in [0.2, 0.25) is 0 Å². The highest BCUT2D eigenvalue weighted by Crippen LogP contribution is 2.34. The third-order valence-corrected chi connectivity index (χ3v) is 9.31. The molecule has 0 radical (unpaired) electrons. The lowest BCUT2D eigenvalue weighted by Gasteiger charge is -2.15. The van der Waals surface area contributed by atoms with Crippen molar-refractivity contribution in [1.29, 1.82) is 0 Å². The Hall–Kier alpha value is -4.09. The third-order valence-electron chi connectivity index (χ3n) is 7.27. The molecule has 1 atom stereocenters. The summed E-state index contributed by atoms with van der Waals surface area (Å²) in [4.78, 5) is 17.8. The summed E-state index contributed by atoms with van der Waals surface area (Å²) in [5, 5.41) is 10.1. The van der Waals surface area contributed by atoms with E-state index in [4.69, 9.17) is 10.8 Å². The first-order chi connectivity index (χ1) is 18.8. The lowest BCUT2D eigenvalue weighted by atomic mass is 10.00. The van der Waals surface area contributed by atoms with Gasteiger partial charge in [0.25, 0.3) is 0 Å². The van der Waals surface area contributed by atoms with Gasteiger partial charge in [0.05, 0.1) is 17.8 Å². The Balaban J connectivity index is 1.35. The first-order valence-electron chi connectivity index (χ1n) is 13.0. The first-order valence-corrected chi connectivity index (χ1v) is 14.6. The third kappa shape index (κ3) is 4.68. The molecule has 2 aromatic carbocycles. The Kier molecular flexibility index (Phi) is 6.40. The number of carbonyl (C=O) groups is 1. The minimum atomic E-state index is -3.36. The second-order valence-corrected chi connectivity index (χ2v) is 12.0. The minimum Gasteiger partial charge on any atom is -0.382 e. The van der Waals surface area contributed by atoms with Crippen LogP contribution in [0.5, 0.6) is 0 Å². The van der Waals surface area contributed by atoms with E-state index in [1.54, 1.807) is 6.07 Å². The number of fused-ring (bicyclic) bond motifs is 2. The van der Waals surface area contributed by atoms with Gasteiger partial charge >= 0.3 is 0 Å². The van der Waals surface area contributed by atoms with Gasteiger partial charge in [-0.3, -0.25) is 9.48 Å². The molecule has 0 aliphatic carbocycles. The smallest absolute Gasteiger partial charge is 0.214 e. The van der Waals surface area contributed by atoms with Gasteiger partial charge in [0, 0.05) is 36.2 Å². The number of sulfonamides is 1. The van der Waals surface area contributed by atoms with Gasteiger partial charge in [-0.05, 0) is 36.1 Å². The number of nitrogens with two attached hydrogens (primary N) is 1. The predicted molar refractivity (Wildman–Crippen MR) is 150 cm³/mol. The Morgan fingerprint density at radius 3 is 2.74 bits per heavy atom. The van der Waals surface area contributed by atoms with E-state index in [1.807, 2.05) is 54.2 Å². The average molecular weight is 544 g/mol. The second kappa shape index (κ2) is 9.90. The predicted octanol–water partition coefficient (Wildman–Crippen LogP) is 3.62. The summed E-state index contributed by atoms with van der Waals surface area (Å²) in [7, 11) is -3.36. The van der Waals surface area contributed by atoms with Crippen molar-refractivity contribution in [2.45, 2.75) is 26.3 Å². The Bertz CT molecular complexity index is 1790. The number of nitrogen functional groups attached to an aromatic ring is 1. The molecule has 5 aromatic rings. The monoisotopic (exact) mass is 543 g/mol. The Morgan fingerprint density at radius 2 is 1.95 bits per heavy atom. The maximum atomic E-state index is 13.7. The number of rotatable bonds is 8. The van der Waals surface area contributed by atoms with E-state index in [1.165, 1.54) is 15.1 Å². The number of carbonyl (C=O) groups excluding carboxylic acids is 1. The van der Waals surface area contributed by atoms with Crippen LogP contribution in [0.1, 0.15) is 35.8 Å². The van der Waals surface area contributed by atoms with Crippen LogP contribution in [0.3, 0.4) is 0 Å². The summed E-state index contributed by atoms with van der Waals surface area (Å²) < 4.78 is 30.0. The minimum absolute atomic E-state index is 0.0828. The lowest BCUT2D eigenvalue weighted by molar-refractivity contribution is 0.0920. The van der Waals surface area contributed by atoms with Gasteiger partial charge in [-0.15, -0.1) is 0 Å². The largest absolute Gasteiger partial charge is 0.382 e. The zero-order valence-electron chi connectivity index (χ0n) is 21.6.